The van der Waals surface area contributed by atoms with Crippen LogP contribution in [-0.4, -0.2) is 34.7 Å². The van der Waals surface area contributed by atoms with Crippen LogP contribution in [0, 0.1) is 0 Å². The van der Waals surface area contributed by atoms with Gasteiger partial charge in [-0.1, -0.05) is 6.42 Å². The summed E-state index contributed by atoms with van der Waals surface area (Å²) in [6.45, 7) is 1.83. The largest absolute Gasteiger partial charge is 0.394 e. The van der Waals surface area contributed by atoms with Crippen LogP contribution in [0.2, 0.25) is 0 Å². The van der Waals surface area contributed by atoms with Gasteiger partial charge in [-0.05, 0) is 25.5 Å². The SMILES string of the molecule is CC(CO)NC(=O)C1CCCCS1. The van der Waals surface area contributed by atoms with Gasteiger partial charge in [-0.25, -0.2) is 0 Å². The fraction of sp³-hybridized carbons (Fsp3) is 0.889. The fourth-order valence-electron chi connectivity index (χ4n) is 1.33. The van der Waals surface area contributed by atoms with Crippen molar-refractivity contribution < 1.29 is 9.90 Å². The predicted octanol–water partition coefficient (Wildman–Crippen LogP) is 0.769. The standard InChI is InChI=1S/C9H17NO2S/c1-7(6-11)10-9(12)8-4-2-3-5-13-8/h7-8,11H,2-6H2,1H3,(H,10,12). The number of rotatable bonds is 3. The average Bonchev–Trinajstić information content (AvgIpc) is 2.19. The third-order valence-electron chi connectivity index (χ3n) is 2.13. The van der Waals surface area contributed by atoms with Crippen molar-refractivity contribution in [3.63, 3.8) is 0 Å². The first-order valence-electron chi connectivity index (χ1n) is 4.77. The Kier molecular flexibility index (Phi) is 4.59. The van der Waals surface area contributed by atoms with Gasteiger partial charge >= 0.3 is 0 Å². The molecule has 0 radical (unpaired) electrons. The van der Waals surface area contributed by atoms with Gasteiger partial charge in [0.15, 0.2) is 0 Å². The Balaban J connectivity index is 2.29. The summed E-state index contributed by atoms with van der Waals surface area (Å²) in [6.07, 6.45) is 3.36. The Morgan fingerprint density at radius 1 is 1.69 bits per heavy atom. The minimum atomic E-state index is -0.116. The van der Waals surface area contributed by atoms with E-state index >= 15 is 0 Å². The number of carbonyl (C=O) groups is 1. The normalized spacial score (nSPS) is 25.2. The second-order valence-corrected chi connectivity index (χ2v) is 4.76. The second-order valence-electron chi connectivity index (χ2n) is 3.45. The van der Waals surface area contributed by atoms with Gasteiger partial charge in [-0.3, -0.25) is 4.79 Å². The maximum atomic E-state index is 11.5. The van der Waals surface area contributed by atoms with Gasteiger partial charge in [0.1, 0.15) is 0 Å². The van der Waals surface area contributed by atoms with E-state index in [1.807, 2.05) is 6.92 Å². The monoisotopic (exact) mass is 203 g/mol. The molecule has 2 N–H and O–H groups in total. The fourth-order valence-corrected chi connectivity index (χ4v) is 2.54. The molecule has 1 saturated heterocycles. The summed E-state index contributed by atoms with van der Waals surface area (Å²) < 4.78 is 0. The molecule has 4 heteroatoms. The van der Waals surface area contributed by atoms with E-state index in [1.54, 1.807) is 11.8 Å². The van der Waals surface area contributed by atoms with Gasteiger partial charge < -0.3 is 10.4 Å². The number of amides is 1. The predicted molar refractivity (Wildman–Crippen MR) is 54.8 cm³/mol. The van der Waals surface area contributed by atoms with Crippen LogP contribution in [0.4, 0.5) is 0 Å². The number of hydrogen-bond acceptors (Lipinski definition) is 3. The Morgan fingerprint density at radius 2 is 2.46 bits per heavy atom. The molecule has 13 heavy (non-hydrogen) atoms. The molecule has 2 unspecified atom stereocenters. The Labute approximate surface area is 83.3 Å². The zero-order valence-electron chi connectivity index (χ0n) is 7.95. The van der Waals surface area contributed by atoms with Crippen LogP contribution < -0.4 is 5.32 Å². The molecular weight excluding hydrogens is 186 g/mol. The van der Waals surface area contributed by atoms with E-state index in [2.05, 4.69) is 5.32 Å². The molecule has 1 amide bonds. The van der Waals surface area contributed by atoms with Crippen LogP contribution in [0.15, 0.2) is 0 Å². The number of hydrogen-bond donors (Lipinski definition) is 2. The molecule has 0 bridgehead atoms. The highest BCUT2D eigenvalue weighted by atomic mass is 32.2. The first kappa shape index (κ1) is 10.9. The first-order chi connectivity index (χ1) is 6.24. The van der Waals surface area contributed by atoms with E-state index in [0.717, 1.165) is 18.6 Å². The summed E-state index contributed by atoms with van der Waals surface area (Å²) in [5.41, 5.74) is 0. The summed E-state index contributed by atoms with van der Waals surface area (Å²) in [7, 11) is 0. The van der Waals surface area contributed by atoms with Crippen molar-refractivity contribution in [3.8, 4) is 0 Å². The Bertz CT molecular complexity index is 169. The number of aliphatic hydroxyl groups is 1. The molecule has 1 aliphatic rings. The van der Waals surface area contributed by atoms with Gasteiger partial charge in [0, 0.05) is 6.04 Å². The highest BCUT2D eigenvalue weighted by Gasteiger charge is 2.22. The second kappa shape index (κ2) is 5.50. The van der Waals surface area contributed by atoms with Crippen molar-refractivity contribution in [3.05, 3.63) is 0 Å². The molecular formula is C9H17NO2S. The third kappa shape index (κ3) is 3.56. The van der Waals surface area contributed by atoms with Crippen molar-refractivity contribution in [2.75, 3.05) is 12.4 Å². The minimum Gasteiger partial charge on any atom is -0.394 e. The maximum Gasteiger partial charge on any atom is 0.233 e. The number of aliphatic hydroxyl groups excluding tert-OH is 1. The molecule has 1 fully saturated rings. The third-order valence-corrected chi connectivity index (χ3v) is 3.51. The first-order valence-corrected chi connectivity index (χ1v) is 5.81. The van der Waals surface area contributed by atoms with Gasteiger partial charge in [0.25, 0.3) is 0 Å². The van der Waals surface area contributed by atoms with E-state index in [9.17, 15) is 4.79 Å². The van der Waals surface area contributed by atoms with E-state index in [1.165, 1.54) is 6.42 Å². The lowest BCUT2D eigenvalue weighted by Gasteiger charge is -2.22. The highest BCUT2D eigenvalue weighted by molar-refractivity contribution is 8.00. The van der Waals surface area contributed by atoms with E-state index in [0.29, 0.717) is 0 Å². The van der Waals surface area contributed by atoms with Crippen LogP contribution >= 0.6 is 11.8 Å². The lowest BCUT2D eigenvalue weighted by molar-refractivity contribution is -0.121. The lowest BCUT2D eigenvalue weighted by atomic mass is 10.2. The van der Waals surface area contributed by atoms with Gasteiger partial charge in [-0.15, -0.1) is 11.8 Å². The molecule has 1 rings (SSSR count). The molecule has 0 spiro atoms. The lowest BCUT2D eigenvalue weighted by Crippen LogP contribution is -2.41. The molecule has 0 aromatic heterocycles. The topological polar surface area (TPSA) is 49.3 Å². The van der Waals surface area contributed by atoms with Crippen molar-refractivity contribution in [1.82, 2.24) is 5.32 Å². The zero-order valence-corrected chi connectivity index (χ0v) is 8.77. The molecule has 1 heterocycles. The maximum absolute atomic E-state index is 11.5. The van der Waals surface area contributed by atoms with Crippen molar-refractivity contribution >= 4 is 17.7 Å². The number of nitrogens with one attached hydrogen (secondary N) is 1. The van der Waals surface area contributed by atoms with Gasteiger partial charge in [-0.2, -0.15) is 0 Å². The molecule has 76 valence electrons. The molecule has 3 nitrogen and oxygen atoms in total. The summed E-state index contributed by atoms with van der Waals surface area (Å²) in [6, 6.07) is -0.116. The van der Waals surface area contributed by atoms with Crippen molar-refractivity contribution in [2.45, 2.75) is 37.5 Å². The van der Waals surface area contributed by atoms with Crippen molar-refractivity contribution in [2.24, 2.45) is 0 Å². The van der Waals surface area contributed by atoms with Gasteiger partial charge in [0.05, 0.1) is 11.9 Å². The molecule has 0 aliphatic carbocycles. The average molecular weight is 203 g/mol. The Morgan fingerprint density at radius 3 is 3.00 bits per heavy atom. The van der Waals surface area contributed by atoms with E-state index in [-0.39, 0.29) is 23.8 Å². The van der Waals surface area contributed by atoms with Crippen LogP contribution in [0.1, 0.15) is 26.2 Å². The smallest absolute Gasteiger partial charge is 0.233 e. The van der Waals surface area contributed by atoms with Crippen LogP contribution in [0.3, 0.4) is 0 Å². The molecule has 0 saturated carbocycles. The molecule has 0 aromatic carbocycles. The summed E-state index contributed by atoms with van der Waals surface area (Å²) >= 11 is 1.73. The van der Waals surface area contributed by atoms with Crippen LogP contribution in [0.5, 0.6) is 0 Å². The van der Waals surface area contributed by atoms with E-state index < -0.39 is 0 Å². The summed E-state index contributed by atoms with van der Waals surface area (Å²) in [5, 5.41) is 11.7. The minimum absolute atomic E-state index is 0.0170. The highest BCUT2D eigenvalue weighted by Crippen LogP contribution is 2.24. The van der Waals surface area contributed by atoms with E-state index in [4.69, 9.17) is 5.11 Å². The molecule has 0 aromatic rings. The number of thioether (sulfide) groups is 1. The van der Waals surface area contributed by atoms with Crippen molar-refractivity contribution in [1.29, 1.82) is 0 Å². The summed E-state index contributed by atoms with van der Waals surface area (Å²) in [5.74, 6) is 1.18. The summed E-state index contributed by atoms with van der Waals surface area (Å²) in [4.78, 5) is 11.5. The van der Waals surface area contributed by atoms with Crippen LogP contribution in [0.25, 0.3) is 0 Å². The number of carbonyl (C=O) groups excluding carboxylic acids is 1. The Hall–Kier alpha value is -0.220. The molecule has 1 aliphatic heterocycles. The quantitative estimate of drug-likeness (QED) is 0.712. The van der Waals surface area contributed by atoms with Gasteiger partial charge in [0.2, 0.25) is 5.91 Å². The van der Waals surface area contributed by atoms with Crippen LogP contribution in [-0.2, 0) is 4.79 Å². The molecule has 2 atom stereocenters. The zero-order chi connectivity index (χ0) is 9.68.